The molecule has 0 atom stereocenters. The van der Waals surface area contributed by atoms with Crippen molar-refractivity contribution >= 4 is 29.6 Å². The SMILES string of the molecule is CCCSc1ccc2n(C)c(-c3ccc(/C=N/N=C(\N)N4CCCC4)cc3)c[n+]2c1. The molecule has 7 heteroatoms. The van der Waals surface area contributed by atoms with Gasteiger partial charge < -0.3 is 10.6 Å². The average Bonchev–Trinajstić information content (AvgIpc) is 3.41. The molecule has 2 aromatic heterocycles. The van der Waals surface area contributed by atoms with Gasteiger partial charge >= 0.3 is 0 Å². The van der Waals surface area contributed by atoms with Crippen LogP contribution < -0.4 is 10.1 Å². The summed E-state index contributed by atoms with van der Waals surface area (Å²) in [4.78, 5) is 3.37. The third-order valence-electron chi connectivity index (χ3n) is 5.37. The maximum Gasteiger partial charge on any atom is 0.286 e. The molecule has 0 radical (unpaired) electrons. The lowest BCUT2D eigenvalue weighted by Gasteiger charge is -2.13. The van der Waals surface area contributed by atoms with Crippen LogP contribution in [0.15, 0.2) is 63.9 Å². The Bertz CT molecular complexity index is 1060. The highest BCUT2D eigenvalue weighted by molar-refractivity contribution is 7.99. The highest BCUT2D eigenvalue weighted by Gasteiger charge is 2.16. The zero-order valence-corrected chi connectivity index (χ0v) is 18.5. The molecule has 4 rings (SSSR count). The molecule has 0 spiro atoms. The van der Waals surface area contributed by atoms with Crippen molar-refractivity contribution in [1.29, 1.82) is 0 Å². The molecular formula is C23H29N6S+. The molecule has 3 heterocycles. The Kier molecular flexibility index (Phi) is 6.38. The van der Waals surface area contributed by atoms with Crippen molar-refractivity contribution in [3.63, 3.8) is 0 Å². The monoisotopic (exact) mass is 421 g/mol. The van der Waals surface area contributed by atoms with Crippen molar-refractivity contribution in [2.45, 2.75) is 31.1 Å². The second kappa shape index (κ2) is 9.34. The summed E-state index contributed by atoms with van der Waals surface area (Å²) in [5.41, 5.74) is 10.5. The second-order valence-corrected chi connectivity index (χ2v) is 8.74. The third-order valence-corrected chi connectivity index (χ3v) is 6.56. The minimum Gasteiger partial charge on any atom is -0.368 e. The molecule has 0 bridgehead atoms. The standard InChI is InChI=1S/C23H29N6S/c1-3-14-30-20-10-11-22-27(2)21(17-29(22)16-20)19-8-6-18(7-9-19)15-25-26-23(24)28-12-4-5-13-28/h6-11,15-17H,3-5,12-14H2,1-2H3,(H2,24,26)/q+1/b25-15+. The van der Waals surface area contributed by atoms with Gasteiger partial charge in [-0.1, -0.05) is 19.1 Å². The van der Waals surface area contributed by atoms with Crippen LogP contribution in [0.2, 0.25) is 0 Å². The number of fused-ring (bicyclic) bond motifs is 1. The van der Waals surface area contributed by atoms with Crippen LogP contribution in [0.25, 0.3) is 16.9 Å². The van der Waals surface area contributed by atoms with Crippen LogP contribution in [0.3, 0.4) is 0 Å². The third kappa shape index (κ3) is 4.51. The number of nitrogens with zero attached hydrogens (tertiary/aromatic N) is 5. The number of aryl methyl sites for hydroxylation is 1. The molecule has 1 fully saturated rings. The van der Waals surface area contributed by atoms with E-state index in [2.05, 4.69) is 86.8 Å². The molecular weight excluding hydrogens is 392 g/mol. The average molecular weight is 422 g/mol. The molecule has 0 unspecified atom stereocenters. The van der Waals surface area contributed by atoms with E-state index in [1.807, 2.05) is 11.8 Å². The van der Waals surface area contributed by atoms with E-state index < -0.39 is 0 Å². The Morgan fingerprint density at radius 2 is 1.90 bits per heavy atom. The summed E-state index contributed by atoms with van der Waals surface area (Å²) in [6.07, 6.45) is 9.68. The first-order valence-electron chi connectivity index (χ1n) is 10.5. The number of nitrogens with two attached hydrogens (primary N) is 1. The topological polar surface area (TPSA) is 63.0 Å². The van der Waals surface area contributed by atoms with Gasteiger partial charge in [0.15, 0.2) is 5.69 Å². The summed E-state index contributed by atoms with van der Waals surface area (Å²) in [7, 11) is 2.11. The molecule has 1 aliphatic rings. The highest BCUT2D eigenvalue weighted by Crippen LogP contribution is 2.22. The zero-order valence-electron chi connectivity index (χ0n) is 17.7. The van der Waals surface area contributed by atoms with Crippen LogP contribution in [0.4, 0.5) is 0 Å². The Labute approximate surface area is 182 Å². The fraction of sp³-hybridized carbons (Fsp3) is 0.348. The summed E-state index contributed by atoms with van der Waals surface area (Å²) in [6.45, 7) is 4.16. The first kappa shape index (κ1) is 20.5. The van der Waals surface area contributed by atoms with Crippen LogP contribution in [0.5, 0.6) is 0 Å². The number of benzene rings is 1. The van der Waals surface area contributed by atoms with Gasteiger partial charge in [0.25, 0.3) is 5.65 Å². The predicted molar refractivity (Wildman–Crippen MR) is 125 cm³/mol. The Morgan fingerprint density at radius 3 is 2.63 bits per heavy atom. The van der Waals surface area contributed by atoms with Crippen molar-refractivity contribution in [2.75, 3.05) is 18.8 Å². The highest BCUT2D eigenvalue weighted by atomic mass is 32.2. The van der Waals surface area contributed by atoms with Gasteiger partial charge in [0.05, 0.1) is 13.3 Å². The minimum atomic E-state index is 0.504. The van der Waals surface area contributed by atoms with E-state index in [0.29, 0.717) is 5.96 Å². The number of thioether (sulfide) groups is 1. The summed E-state index contributed by atoms with van der Waals surface area (Å²) < 4.78 is 4.43. The number of rotatable bonds is 6. The van der Waals surface area contributed by atoms with E-state index in [0.717, 1.165) is 24.4 Å². The molecule has 1 aromatic carbocycles. The van der Waals surface area contributed by atoms with E-state index in [1.54, 1.807) is 6.21 Å². The molecule has 1 aliphatic heterocycles. The fourth-order valence-corrected chi connectivity index (χ4v) is 4.49. The number of guanidine groups is 1. The quantitative estimate of drug-likeness (QED) is 0.217. The Morgan fingerprint density at radius 1 is 1.13 bits per heavy atom. The predicted octanol–water partition coefficient (Wildman–Crippen LogP) is 3.68. The Hall–Kier alpha value is -2.80. The summed E-state index contributed by atoms with van der Waals surface area (Å²) >= 11 is 1.90. The number of hydrogen-bond donors (Lipinski definition) is 1. The molecule has 6 nitrogen and oxygen atoms in total. The number of imidazole rings is 1. The van der Waals surface area contributed by atoms with Gasteiger partial charge in [-0.3, -0.25) is 0 Å². The lowest BCUT2D eigenvalue weighted by molar-refractivity contribution is -0.512. The van der Waals surface area contributed by atoms with E-state index in [-0.39, 0.29) is 0 Å². The van der Waals surface area contributed by atoms with Gasteiger partial charge in [-0.15, -0.1) is 16.9 Å². The summed E-state index contributed by atoms with van der Waals surface area (Å²) in [5, 5.41) is 8.29. The number of likely N-dealkylation sites (tertiary alicyclic amines) is 1. The minimum absolute atomic E-state index is 0.504. The summed E-state index contributed by atoms with van der Waals surface area (Å²) in [6, 6.07) is 12.8. The van der Waals surface area contributed by atoms with Gasteiger partial charge in [0.1, 0.15) is 12.4 Å². The molecule has 0 amide bonds. The normalized spacial score (nSPS) is 15.0. The smallest absolute Gasteiger partial charge is 0.286 e. The maximum absolute atomic E-state index is 5.99. The van der Waals surface area contributed by atoms with Crippen LogP contribution in [-0.4, -0.2) is 40.5 Å². The maximum atomic E-state index is 5.99. The van der Waals surface area contributed by atoms with E-state index in [4.69, 9.17) is 5.73 Å². The van der Waals surface area contributed by atoms with Crippen molar-refractivity contribution in [1.82, 2.24) is 9.47 Å². The van der Waals surface area contributed by atoms with E-state index in [9.17, 15) is 0 Å². The van der Waals surface area contributed by atoms with Crippen molar-refractivity contribution in [2.24, 2.45) is 23.0 Å². The first-order chi connectivity index (χ1) is 14.7. The van der Waals surface area contributed by atoms with Gasteiger partial charge in [-0.05, 0) is 48.8 Å². The van der Waals surface area contributed by atoms with Gasteiger partial charge in [0, 0.05) is 29.6 Å². The van der Waals surface area contributed by atoms with Crippen LogP contribution in [0, 0.1) is 0 Å². The molecule has 30 heavy (non-hydrogen) atoms. The van der Waals surface area contributed by atoms with E-state index in [1.165, 1.54) is 41.1 Å². The van der Waals surface area contributed by atoms with Gasteiger partial charge in [-0.2, -0.15) is 5.10 Å². The van der Waals surface area contributed by atoms with Crippen LogP contribution in [0.1, 0.15) is 31.7 Å². The van der Waals surface area contributed by atoms with Crippen LogP contribution in [-0.2, 0) is 7.05 Å². The molecule has 2 N–H and O–H groups in total. The zero-order chi connectivity index (χ0) is 20.9. The van der Waals surface area contributed by atoms with Crippen LogP contribution >= 0.6 is 11.8 Å². The Balaban J connectivity index is 1.50. The largest absolute Gasteiger partial charge is 0.368 e. The molecule has 156 valence electrons. The molecule has 1 saturated heterocycles. The van der Waals surface area contributed by atoms with Crippen molar-refractivity contribution in [3.05, 3.63) is 54.4 Å². The lowest BCUT2D eigenvalue weighted by atomic mass is 10.1. The number of hydrogen-bond acceptors (Lipinski definition) is 3. The van der Waals surface area contributed by atoms with Gasteiger partial charge in [0.2, 0.25) is 5.96 Å². The van der Waals surface area contributed by atoms with E-state index >= 15 is 0 Å². The van der Waals surface area contributed by atoms with Crippen molar-refractivity contribution < 1.29 is 4.40 Å². The second-order valence-electron chi connectivity index (χ2n) is 7.57. The number of aromatic nitrogens is 2. The first-order valence-corrected chi connectivity index (χ1v) is 11.5. The van der Waals surface area contributed by atoms with Gasteiger partial charge in [-0.25, -0.2) is 8.97 Å². The lowest BCUT2D eigenvalue weighted by Crippen LogP contribution is -2.34. The number of pyridine rings is 1. The van der Waals surface area contributed by atoms with Crippen molar-refractivity contribution in [3.8, 4) is 11.3 Å². The molecule has 0 aliphatic carbocycles. The molecule has 3 aromatic rings. The fourth-order valence-electron chi connectivity index (χ4n) is 3.70. The molecule has 0 saturated carbocycles. The summed E-state index contributed by atoms with van der Waals surface area (Å²) in [5.74, 6) is 1.65.